The molecule has 4 aromatic heterocycles. The molecule has 4 heterocycles. The molecule has 11 aromatic carbocycles. The van der Waals surface area contributed by atoms with E-state index in [1.165, 1.54) is 21.5 Å². The molecule has 7 heteroatoms. The van der Waals surface area contributed by atoms with E-state index >= 15 is 0 Å². The average Bonchev–Trinajstić information content (AvgIpc) is 4.39. The fourth-order valence-electron chi connectivity index (χ4n) is 11.9. The van der Waals surface area contributed by atoms with Crippen LogP contribution in [0.4, 0.5) is 0 Å². The standard InChI is InChI=1S/C72H43N7/c73-44-51-40-61(52(45-74)39-60(51)46-27-29-49(30-28-46)65-43-64(48-15-3-1-4-16-48)75-72(76-65)50-17-5-2-6-18-50)47-31-33-53(34-32-47)77-70-37-35-54(78-66-23-11-7-19-56(66)57-20-8-12-24-67(57)78)41-62(70)63-42-55(36-38-71(63)77)79-68-25-13-9-21-58(68)59-22-10-14-26-69(59)79/h1-43H. The van der Waals surface area contributed by atoms with Gasteiger partial charge < -0.3 is 13.7 Å². The van der Waals surface area contributed by atoms with Crippen LogP contribution in [0.5, 0.6) is 0 Å². The first-order chi connectivity index (χ1) is 39.1. The molecule has 0 bridgehead atoms. The average molecular weight is 1010 g/mol. The van der Waals surface area contributed by atoms with Gasteiger partial charge in [0.2, 0.25) is 0 Å². The Balaban J connectivity index is 0.826. The molecule has 0 unspecified atom stereocenters. The van der Waals surface area contributed by atoms with Crippen molar-refractivity contribution in [3.8, 4) is 85.4 Å². The Morgan fingerprint density at radius 3 is 1.03 bits per heavy atom. The van der Waals surface area contributed by atoms with Crippen LogP contribution in [0.25, 0.3) is 139 Å². The lowest BCUT2D eigenvalue weighted by atomic mass is 9.91. The number of nitrogens with zero attached hydrogens (tertiary/aromatic N) is 7. The molecule has 0 radical (unpaired) electrons. The summed E-state index contributed by atoms with van der Waals surface area (Å²) in [5, 5.41) is 28.6. The molecule has 0 spiro atoms. The molecule has 7 nitrogen and oxygen atoms in total. The lowest BCUT2D eigenvalue weighted by Crippen LogP contribution is -1.97. The molecule has 15 aromatic rings. The van der Waals surface area contributed by atoms with Crippen LogP contribution in [-0.4, -0.2) is 23.7 Å². The molecule has 15 rings (SSSR count). The van der Waals surface area contributed by atoms with E-state index in [1.54, 1.807) is 0 Å². The van der Waals surface area contributed by atoms with Crippen LogP contribution in [-0.2, 0) is 0 Å². The summed E-state index contributed by atoms with van der Waals surface area (Å²) in [4.78, 5) is 9.97. The zero-order chi connectivity index (χ0) is 52.6. The lowest BCUT2D eigenvalue weighted by molar-refractivity contribution is 1.16. The van der Waals surface area contributed by atoms with Crippen LogP contribution in [0.2, 0.25) is 0 Å². The summed E-state index contributed by atoms with van der Waals surface area (Å²) in [6, 6.07) is 95.4. The van der Waals surface area contributed by atoms with Crippen LogP contribution in [0, 0.1) is 22.7 Å². The van der Waals surface area contributed by atoms with E-state index in [-0.39, 0.29) is 0 Å². The normalized spacial score (nSPS) is 11.5. The van der Waals surface area contributed by atoms with Crippen molar-refractivity contribution in [2.45, 2.75) is 0 Å². The highest BCUT2D eigenvalue weighted by Gasteiger charge is 2.21. The van der Waals surface area contributed by atoms with E-state index in [4.69, 9.17) is 9.97 Å². The SMILES string of the molecule is N#Cc1cc(-c2ccc(-n3c4ccc(-n5c6ccccc6c6ccccc65)cc4c4cc(-n5c6ccccc6c6ccccc65)ccc43)cc2)c(C#N)cc1-c1ccc(-c2cc(-c3ccccc3)nc(-c3ccccc3)n2)cc1. The number of aromatic nitrogens is 5. The van der Waals surface area contributed by atoms with E-state index in [1.807, 2.05) is 91.0 Å². The van der Waals surface area contributed by atoms with E-state index in [0.29, 0.717) is 28.1 Å². The summed E-state index contributed by atoms with van der Waals surface area (Å²) < 4.78 is 7.10. The first-order valence-electron chi connectivity index (χ1n) is 26.3. The highest BCUT2D eigenvalue weighted by Crippen LogP contribution is 2.41. The maximum atomic E-state index is 10.7. The van der Waals surface area contributed by atoms with Crippen LogP contribution in [0.15, 0.2) is 261 Å². The van der Waals surface area contributed by atoms with Crippen LogP contribution in [0.1, 0.15) is 11.1 Å². The Morgan fingerprint density at radius 2 is 0.595 bits per heavy atom. The first-order valence-corrected chi connectivity index (χ1v) is 26.3. The van der Waals surface area contributed by atoms with Crippen LogP contribution >= 0.6 is 0 Å². The molecule has 0 amide bonds. The molecule has 366 valence electrons. The van der Waals surface area contributed by atoms with E-state index in [0.717, 1.165) is 100 Å². The molecule has 0 fully saturated rings. The highest BCUT2D eigenvalue weighted by atomic mass is 15.0. The van der Waals surface area contributed by atoms with E-state index in [9.17, 15) is 10.5 Å². The minimum Gasteiger partial charge on any atom is -0.309 e. The molecule has 0 N–H and O–H groups in total. The summed E-state index contributed by atoms with van der Waals surface area (Å²) in [6.45, 7) is 0. The van der Waals surface area contributed by atoms with Crippen LogP contribution < -0.4 is 0 Å². The second-order valence-corrected chi connectivity index (χ2v) is 20.0. The molecule has 79 heavy (non-hydrogen) atoms. The Morgan fingerprint density at radius 1 is 0.266 bits per heavy atom. The van der Waals surface area contributed by atoms with Crippen molar-refractivity contribution in [2.75, 3.05) is 0 Å². The van der Waals surface area contributed by atoms with E-state index in [2.05, 4.69) is 196 Å². The minimum atomic E-state index is 0.478. The van der Waals surface area contributed by atoms with Crippen molar-refractivity contribution in [3.63, 3.8) is 0 Å². The lowest BCUT2D eigenvalue weighted by Gasteiger charge is -2.13. The van der Waals surface area contributed by atoms with Gasteiger partial charge in [-0.2, -0.15) is 10.5 Å². The number of fused-ring (bicyclic) bond motifs is 9. The minimum absolute atomic E-state index is 0.478. The molecule has 0 aliphatic carbocycles. The number of para-hydroxylation sites is 4. The summed E-state index contributed by atoms with van der Waals surface area (Å²) in [5.41, 5.74) is 18.4. The van der Waals surface area contributed by atoms with Gasteiger partial charge in [0, 0.05) is 77.2 Å². The third-order valence-corrected chi connectivity index (χ3v) is 15.6. The van der Waals surface area contributed by atoms with Gasteiger partial charge >= 0.3 is 0 Å². The maximum Gasteiger partial charge on any atom is 0.160 e. The number of benzene rings is 11. The smallest absolute Gasteiger partial charge is 0.160 e. The summed E-state index contributed by atoms with van der Waals surface area (Å²) >= 11 is 0. The predicted molar refractivity (Wildman–Crippen MR) is 322 cm³/mol. The summed E-state index contributed by atoms with van der Waals surface area (Å²) in [7, 11) is 0. The summed E-state index contributed by atoms with van der Waals surface area (Å²) in [5.74, 6) is 0.639. The van der Waals surface area contributed by atoms with Gasteiger partial charge in [-0.05, 0) is 102 Å². The zero-order valence-electron chi connectivity index (χ0n) is 42.5. The second kappa shape index (κ2) is 18.3. The van der Waals surface area contributed by atoms with Gasteiger partial charge in [-0.25, -0.2) is 9.97 Å². The van der Waals surface area contributed by atoms with Gasteiger partial charge in [-0.15, -0.1) is 0 Å². The van der Waals surface area contributed by atoms with Crippen molar-refractivity contribution in [1.82, 2.24) is 23.7 Å². The quantitative estimate of drug-likeness (QED) is 0.152. The van der Waals surface area contributed by atoms with Gasteiger partial charge in [0.1, 0.15) is 0 Å². The summed E-state index contributed by atoms with van der Waals surface area (Å²) in [6.07, 6.45) is 0. The fourth-order valence-corrected chi connectivity index (χ4v) is 11.9. The van der Waals surface area contributed by atoms with Gasteiger partial charge in [-0.1, -0.05) is 170 Å². The third kappa shape index (κ3) is 7.41. The highest BCUT2D eigenvalue weighted by molar-refractivity contribution is 6.14. The molecule has 0 aliphatic rings. The van der Waals surface area contributed by atoms with Gasteiger partial charge in [0.25, 0.3) is 0 Å². The van der Waals surface area contributed by atoms with Gasteiger partial charge in [0.15, 0.2) is 5.82 Å². The number of rotatable bonds is 8. The Bertz CT molecular complexity index is 4680. The topological polar surface area (TPSA) is 88.1 Å². The second-order valence-electron chi connectivity index (χ2n) is 20.0. The fraction of sp³-hybridized carbons (Fsp3) is 0. The molecular weight excluding hydrogens is 963 g/mol. The maximum absolute atomic E-state index is 10.7. The van der Waals surface area contributed by atoms with Crippen molar-refractivity contribution in [3.05, 3.63) is 272 Å². The number of hydrogen-bond donors (Lipinski definition) is 0. The predicted octanol–water partition coefficient (Wildman–Crippen LogP) is 17.8. The monoisotopic (exact) mass is 1010 g/mol. The molecular formula is C72H43N7. The van der Waals surface area contributed by atoms with Crippen LogP contribution in [0.3, 0.4) is 0 Å². The van der Waals surface area contributed by atoms with Crippen molar-refractivity contribution < 1.29 is 0 Å². The number of nitriles is 2. The van der Waals surface area contributed by atoms with Crippen molar-refractivity contribution in [2.24, 2.45) is 0 Å². The Hall–Kier alpha value is -11.1. The van der Waals surface area contributed by atoms with Gasteiger partial charge in [-0.3, -0.25) is 0 Å². The molecule has 0 aliphatic heterocycles. The number of hydrogen-bond acceptors (Lipinski definition) is 4. The molecule has 0 saturated carbocycles. The molecule has 0 saturated heterocycles. The Labute approximate surface area is 454 Å². The first kappa shape index (κ1) is 45.3. The Kier molecular flexibility index (Phi) is 10.5. The van der Waals surface area contributed by atoms with E-state index < -0.39 is 0 Å². The van der Waals surface area contributed by atoms with Crippen molar-refractivity contribution in [1.29, 1.82) is 10.5 Å². The molecule has 0 atom stereocenters. The van der Waals surface area contributed by atoms with Crippen molar-refractivity contribution >= 4 is 65.4 Å². The zero-order valence-corrected chi connectivity index (χ0v) is 42.5. The van der Waals surface area contributed by atoms with Gasteiger partial charge in [0.05, 0.1) is 67.8 Å². The largest absolute Gasteiger partial charge is 0.309 e. The third-order valence-electron chi connectivity index (χ3n) is 15.6.